The highest BCUT2D eigenvalue weighted by Gasteiger charge is 2.53. The van der Waals surface area contributed by atoms with E-state index in [0.717, 1.165) is 16.7 Å². The zero-order chi connectivity index (χ0) is 32.5. The summed E-state index contributed by atoms with van der Waals surface area (Å²) in [5, 5.41) is 2.87. The zero-order valence-electron chi connectivity index (χ0n) is 26.7. The maximum atomic E-state index is 15.5. The van der Waals surface area contributed by atoms with E-state index in [1.165, 1.54) is 0 Å². The van der Waals surface area contributed by atoms with Crippen LogP contribution in [0.25, 0.3) is 0 Å². The fraction of sp³-hybridized carbons (Fsp3) is 0.308. The average Bonchev–Trinajstić information content (AvgIpc) is 3.22. The molecule has 0 radical (unpaired) electrons. The number of Topliss-reactive ketones (excluding diaryl/α,β-unsaturated/α-hetero) is 1. The number of amides is 1. The van der Waals surface area contributed by atoms with E-state index in [2.05, 4.69) is 5.32 Å². The molecule has 3 unspecified atom stereocenters. The lowest BCUT2D eigenvalue weighted by Gasteiger charge is -2.31. The highest BCUT2D eigenvalue weighted by Crippen LogP contribution is 2.52. The normalized spacial score (nSPS) is 18.3. The molecule has 0 aromatic heterocycles. The van der Waals surface area contributed by atoms with E-state index in [9.17, 15) is 14.4 Å². The van der Waals surface area contributed by atoms with Gasteiger partial charge in [0.05, 0.1) is 0 Å². The van der Waals surface area contributed by atoms with Gasteiger partial charge in [-0.25, -0.2) is 9.18 Å². The van der Waals surface area contributed by atoms with Gasteiger partial charge in [-0.15, -0.1) is 0 Å². The Labute approximate surface area is 266 Å². The lowest BCUT2D eigenvalue weighted by atomic mass is 9.69. The van der Waals surface area contributed by atoms with Crippen molar-refractivity contribution in [2.75, 3.05) is 0 Å². The Balaban J connectivity index is 0.00000480. The van der Waals surface area contributed by atoms with Gasteiger partial charge in [0.15, 0.2) is 5.78 Å². The molecule has 5 rings (SSSR count). The molecule has 3 atom stereocenters. The van der Waals surface area contributed by atoms with Gasteiger partial charge in [0.2, 0.25) is 5.91 Å². The quantitative estimate of drug-likeness (QED) is 0.164. The van der Waals surface area contributed by atoms with Crippen LogP contribution in [0.1, 0.15) is 80.4 Å². The number of ketones is 1. The van der Waals surface area contributed by atoms with Crippen LogP contribution >= 0.6 is 0 Å². The van der Waals surface area contributed by atoms with E-state index in [1.54, 1.807) is 44.2 Å². The first-order valence-corrected chi connectivity index (χ1v) is 15.4. The van der Waals surface area contributed by atoms with Gasteiger partial charge >= 0.3 is 5.97 Å². The number of hydrogen-bond donors (Lipinski definition) is 1. The van der Waals surface area contributed by atoms with Gasteiger partial charge < -0.3 is 10.1 Å². The molecule has 1 aliphatic carbocycles. The Morgan fingerprint density at radius 2 is 1.51 bits per heavy atom. The highest BCUT2D eigenvalue weighted by molar-refractivity contribution is 6.06. The van der Waals surface area contributed by atoms with E-state index in [-0.39, 0.29) is 42.9 Å². The van der Waals surface area contributed by atoms with Crippen molar-refractivity contribution < 1.29 is 24.9 Å². The zero-order valence-corrected chi connectivity index (χ0v) is 26.7. The van der Waals surface area contributed by atoms with Crippen LogP contribution in [0.5, 0.6) is 5.75 Å². The van der Waals surface area contributed by atoms with Crippen molar-refractivity contribution in [1.82, 2.24) is 5.32 Å². The molecule has 0 aliphatic heterocycles. The summed E-state index contributed by atoms with van der Waals surface area (Å²) < 4.78 is 21.4. The molecule has 0 fully saturated rings. The van der Waals surface area contributed by atoms with Crippen LogP contribution in [0.15, 0.2) is 91.0 Å². The van der Waals surface area contributed by atoms with Crippen LogP contribution in [0, 0.1) is 25.1 Å². The van der Waals surface area contributed by atoms with Crippen LogP contribution in [-0.2, 0) is 26.2 Å². The second kappa shape index (κ2) is 12.4. The summed E-state index contributed by atoms with van der Waals surface area (Å²) >= 11 is 0. The summed E-state index contributed by atoms with van der Waals surface area (Å²) in [6.07, 6.45) is 0.535. The van der Waals surface area contributed by atoms with Crippen molar-refractivity contribution in [1.29, 1.82) is 0 Å². The van der Waals surface area contributed by atoms with Crippen molar-refractivity contribution >= 4 is 17.7 Å². The molecule has 0 saturated carbocycles. The summed E-state index contributed by atoms with van der Waals surface area (Å²) in [6, 6.07) is 26.7. The standard InChI is InChI=1S/C39H40FNO4.H2/c1-24-12-15-28(16-13-24)39(31-21-14-25(2)35(40)34(31)26(3)36(39)43)29-17-19-30(20-18-29)45-37(44)32(22-27-10-8-7-9-11-27)41-33(42)23-38(4,5)6;/h7-21,26,32H,22-23H2,1-6H3,(H,41,42);1H. The Morgan fingerprint density at radius 1 is 0.911 bits per heavy atom. The van der Waals surface area contributed by atoms with Crippen molar-refractivity contribution in [2.45, 2.75) is 71.8 Å². The number of nitrogens with one attached hydrogen (secondary N) is 1. The molecule has 0 spiro atoms. The molecular formula is C39H42FNO4. The number of rotatable bonds is 8. The summed E-state index contributed by atoms with van der Waals surface area (Å²) in [5.41, 5.74) is 3.42. The SMILES string of the molecule is Cc1ccc(C2(c3ccc(OC(=O)C(Cc4ccccc4)NC(=O)CC(C)(C)C)cc3)C(=O)C(C)c3c2ccc(C)c3F)cc1.[HH]. The lowest BCUT2D eigenvalue weighted by Crippen LogP contribution is -2.45. The van der Waals surface area contributed by atoms with Crippen LogP contribution in [0.3, 0.4) is 0 Å². The second-order valence-electron chi connectivity index (χ2n) is 13.4. The molecule has 234 valence electrons. The number of fused-ring (bicyclic) bond motifs is 1. The number of esters is 1. The highest BCUT2D eigenvalue weighted by atomic mass is 19.1. The molecule has 6 heteroatoms. The first-order valence-electron chi connectivity index (χ1n) is 15.4. The maximum Gasteiger partial charge on any atom is 0.334 e. The van der Waals surface area contributed by atoms with Crippen molar-refractivity contribution in [3.05, 3.63) is 136 Å². The smallest absolute Gasteiger partial charge is 0.334 e. The van der Waals surface area contributed by atoms with Gasteiger partial charge in [0, 0.05) is 25.7 Å². The van der Waals surface area contributed by atoms with Crippen molar-refractivity contribution in [3.8, 4) is 5.75 Å². The molecule has 1 amide bonds. The summed E-state index contributed by atoms with van der Waals surface area (Å²) in [5.74, 6) is -1.65. The second-order valence-corrected chi connectivity index (χ2v) is 13.4. The van der Waals surface area contributed by atoms with E-state index >= 15 is 4.39 Å². The van der Waals surface area contributed by atoms with Crippen molar-refractivity contribution in [3.63, 3.8) is 0 Å². The monoisotopic (exact) mass is 607 g/mol. The van der Waals surface area contributed by atoms with Crippen LogP contribution in [0.4, 0.5) is 4.39 Å². The minimum atomic E-state index is -1.23. The van der Waals surface area contributed by atoms with Gasteiger partial charge in [-0.1, -0.05) is 112 Å². The van der Waals surface area contributed by atoms with Crippen molar-refractivity contribution in [2.24, 2.45) is 5.41 Å². The van der Waals surface area contributed by atoms with Gasteiger partial charge in [0.1, 0.15) is 23.0 Å². The summed E-state index contributed by atoms with van der Waals surface area (Å²) in [7, 11) is 0. The molecule has 45 heavy (non-hydrogen) atoms. The summed E-state index contributed by atoms with van der Waals surface area (Å²) in [4.78, 5) is 40.6. The number of halogens is 1. The van der Waals surface area contributed by atoms with Gasteiger partial charge in [-0.05, 0) is 59.2 Å². The van der Waals surface area contributed by atoms with E-state index < -0.39 is 23.3 Å². The predicted molar refractivity (Wildman–Crippen MR) is 176 cm³/mol. The van der Waals surface area contributed by atoms with Gasteiger partial charge in [-0.2, -0.15) is 0 Å². The maximum absolute atomic E-state index is 15.5. The molecule has 1 N–H and O–H groups in total. The third-order valence-corrected chi connectivity index (χ3v) is 8.56. The van der Waals surface area contributed by atoms with E-state index in [1.807, 2.05) is 88.4 Å². The Hall–Kier alpha value is -4.58. The first-order chi connectivity index (χ1) is 21.3. The number of hydrogen-bond acceptors (Lipinski definition) is 4. The minimum Gasteiger partial charge on any atom is -0.425 e. The molecule has 4 aromatic carbocycles. The topological polar surface area (TPSA) is 72.5 Å². The number of aryl methyl sites for hydroxylation is 2. The molecule has 0 bridgehead atoms. The summed E-state index contributed by atoms with van der Waals surface area (Å²) in [6.45, 7) is 11.3. The number of carbonyl (C=O) groups is 3. The number of ether oxygens (including phenoxy) is 1. The van der Waals surface area contributed by atoms with Gasteiger partial charge in [0.25, 0.3) is 0 Å². The number of benzene rings is 4. The number of carbonyl (C=O) groups excluding carboxylic acids is 3. The third-order valence-electron chi connectivity index (χ3n) is 8.56. The van der Waals surface area contributed by atoms with Gasteiger partial charge in [-0.3, -0.25) is 9.59 Å². The van der Waals surface area contributed by atoms with Crippen LogP contribution in [0.2, 0.25) is 0 Å². The minimum absolute atomic E-state index is 0. The average molecular weight is 608 g/mol. The fourth-order valence-electron chi connectivity index (χ4n) is 6.34. The third kappa shape index (κ3) is 6.32. The lowest BCUT2D eigenvalue weighted by molar-refractivity contribution is -0.139. The Kier molecular flexibility index (Phi) is 8.79. The largest absolute Gasteiger partial charge is 0.425 e. The Bertz CT molecular complexity index is 1730. The molecular weight excluding hydrogens is 565 g/mol. The predicted octanol–water partition coefficient (Wildman–Crippen LogP) is 7.78. The molecule has 5 nitrogen and oxygen atoms in total. The molecule has 1 aliphatic rings. The van der Waals surface area contributed by atoms with Crippen LogP contribution < -0.4 is 10.1 Å². The Morgan fingerprint density at radius 3 is 2.11 bits per heavy atom. The molecule has 0 heterocycles. The van der Waals surface area contributed by atoms with E-state index in [4.69, 9.17) is 4.74 Å². The van der Waals surface area contributed by atoms with E-state index in [0.29, 0.717) is 22.3 Å². The first kappa shape index (κ1) is 31.8. The van der Waals surface area contributed by atoms with Crippen LogP contribution in [-0.4, -0.2) is 23.7 Å². The molecule has 0 saturated heterocycles. The molecule has 4 aromatic rings. The fourth-order valence-corrected chi connectivity index (χ4v) is 6.34.